The summed E-state index contributed by atoms with van der Waals surface area (Å²) in [5, 5.41) is 4.28. The third kappa shape index (κ3) is 2.13. The summed E-state index contributed by atoms with van der Waals surface area (Å²) in [6.07, 6.45) is -0.286. The average Bonchev–Trinajstić information content (AvgIpc) is 2.84. The Morgan fingerprint density at radius 2 is 2.21 bits per heavy atom. The first-order chi connectivity index (χ1) is 9.17. The Morgan fingerprint density at radius 3 is 2.89 bits per heavy atom. The van der Waals surface area contributed by atoms with Crippen molar-refractivity contribution in [1.29, 1.82) is 0 Å². The fraction of sp³-hybridized carbons (Fsp3) is 0.167. The summed E-state index contributed by atoms with van der Waals surface area (Å²) >= 11 is 4.99. The predicted molar refractivity (Wildman–Crippen MR) is 73.8 cm³/mol. The first kappa shape index (κ1) is 11.9. The van der Waals surface area contributed by atoms with Gasteiger partial charge in [-0.05, 0) is 30.4 Å². The third-order valence-corrected chi connectivity index (χ3v) is 3.12. The molecule has 6 nitrogen and oxygen atoms in total. The molecule has 0 bridgehead atoms. The topological polar surface area (TPSA) is 75.5 Å². The molecule has 1 aromatic carbocycles. The molecular formula is C12H11N3O3S. The molecule has 2 heterocycles. The molecule has 1 aromatic heterocycles. The minimum absolute atomic E-state index is 0.286. The minimum atomic E-state index is -0.408. The first-order valence-corrected chi connectivity index (χ1v) is 6.02. The lowest BCUT2D eigenvalue weighted by Crippen LogP contribution is -2.27. The summed E-state index contributed by atoms with van der Waals surface area (Å²) in [6, 6.07) is 6.70. The van der Waals surface area contributed by atoms with E-state index in [1.165, 1.54) is 6.07 Å². The summed E-state index contributed by atoms with van der Waals surface area (Å²) in [5.74, 6) is 0.691. The summed E-state index contributed by atoms with van der Waals surface area (Å²) in [5.41, 5.74) is 6.59. The maximum atomic E-state index is 11.6. The maximum absolute atomic E-state index is 11.6. The van der Waals surface area contributed by atoms with Crippen LogP contribution < -0.4 is 26.5 Å². The van der Waals surface area contributed by atoms with Crippen LogP contribution in [0, 0.1) is 0 Å². The Morgan fingerprint density at radius 1 is 1.37 bits per heavy atom. The van der Waals surface area contributed by atoms with Crippen molar-refractivity contribution in [2.75, 3.05) is 7.11 Å². The number of methoxy groups -OCH3 is 1. The zero-order valence-corrected chi connectivity index (χ0v) is 10.8. The first-order valence-electron chi connectivity index (χ1n) is 5.61. The smallest absolute Gasteiger partial charge is 0.336 e. The monoisotopic (exact) mass is 277 g/mol. The second kappa shape index (κ2) is 4.52. The van der Waals surface area contributed by atoms with Crippen molar-refractivity contribution in [3.05, 3.63) is 40.2 Å². The van der Waals surface area contributed by atoms with Gasteiger partial charge in [-0.25, -0.2) is 10.2 Å². The number of fused-ring (bicyclic) bond motifs is 1. The van der Waals surface area contributed by atoms with Gasteiger partial charge in [0, 0.05) is 17.0 Å². The van der Waals surface area contributed by atoms with Gasteiger partial charge >= 0.3 is 5.63 Å². The number of ether oxygens (including phenoxy) is 1. The van der Waals surface area contributed by atoms with Crippen LogP contribution >= 0.6 is 12.2 Å². The molecule has 1 aliphatic rings. The minimum Gasteiger partial charge on any atom is -0.497 e. The molecule has 98 valence electrons. The number of hydrazine groups is 1. The standard InChI is InChI=1S/C12H11N3O3S/c1-17-6-2-3-9-7(4-6)8(5-10(16)18-9)11-13-12(19)15-14-11/h2-5,11,14H,1H3,(H2,13,15,19). The number of hydrogen-bond acceptors (Lipinski definition) is 5. The van der Waals surface area contributed by atoms with Gasteiger partial charge in [0.05, 0.1) is 7.11 Å². The van der Waals surface area contributed by atoms with E-state index in [0.717, 1.165) is 10.9 Å². The number of thiocarbonyl (C=S) groups is 1. The van der Waals surface area contributed by atoms with E-state index in [0.29, 0.717) is 16.4 Å². The van der Waals surface area contributed by atoms with Gasteiger partial charge in [0.1, 0.15) is 17.5 Å². The van der Waals surface area contributed by atoms with Gasteiger partial charge in [0.2, 0.25) is 0 Å². The fourth-order valence-electron chi connectivity index (χ4n) is 2.03. The van der Waals surface area contributed by atoms with Crippen LogP contribution in [0.15, 0.2) is 33.5 Å². The van der Waals surface area contributed by atoms with Crippen molar-refractivity contribution in [2.24, 2.45) is 0 Å². The molecule has 19 heavy (non-hydrogen) atoms. The Hall–Kier alpha value is -2.12. The fourth-order valence-corrected chi connectivity index (χ4v) is 2.21. The normalized spacial score (nSPS) is 18.2. The van der Waals surface area contributed by atoms with Gasteiger partial charge < -0.3 is 14.5 Å². The van der Waals surface area contributed by atoms with Crippen molar-refractivity contribution in [3.63, 3.8) is 0 Å². The highest BCUT2D eigenvalue weighted by atomic mass is 32.1. The Labute approximate surface area is 113 Å². The Balaban J connectivity index is 2.20. The lowest BCUT2D eigenvalue weighted by Gasteiger charge is -2.12. The summed E-state index contributed by atoms with van der Waals surface area (Å²) in [4.78, 5) is 11.6. The number of benzene rings is 1. The van der Waals surface area contributed by atoms with Crippen LogP contribution in [0.2, 0.25) is 0 Å². The molecule has 3 rings (SSSR count). The van der Waals surface area contributed by atoms with E-state index >= 15 is 0 Å². The van der Waals surface area contributed by atoms with Crippen LogP contribution in [0.25, 0.3) is 11.0 Å². The molecule has 1 unspecified atom stereocenters. The molecule has 1 fully saturated rings. The van der Waals surface area contributed by atoms with Gasteiger partial charge in [0.25, 0.3) is 0 Å². The van der Waals surface area contributed by atoms with Gasteiger partial charge in [-0.15, -0.1) is 0 Å². The quantitative estimate of drug-likeness (QED) is 0.553. The van der Waals surface area contributed by atoms with Crippen LogP contribution in [0.4, 0.5) is 0 Å². The number of hydrogen-bond donors (Lipinski definition) is 3. The van der Waals surface area contributed by atoms with Crippen LogP contribution in [0.1, 0.15) is 11.7 Å². The van der Waals surface area contributed by atoms with E-state index in [4.69, 9.17) is 21.4 Å². The van der Waals surface area contributed by atoms with E-state index in [-0.39, 0.29) is 6.17 Å². The molecule has 1 aliphatic heterocycles. The third-order valence-electron chi connectivity index (χ3n) is 2.90. The molecular weight excluding hydrogens is 266 g/mol. The molecule has 0 aliphatic carbocycles. The molecule has 2 aromatic rings. The van der Waals surface area contributed by atoms with Crippen LogP contribution in [0.5, 0.6) is 5.75 Å². The highest BCUT2D eigenvalue weighted by molar-refractivity contribution is 7.80. The van der Waals surface area contributed by atoms with Crippen LogP contribution in [0.3, 0.4) is 0 Å². The second-order valence-corrected chi connectivity index (χ2v) is 4.47. The number of rotatable bonds is 2. The van der Waals surface area contributed by atoms with E-state index < -0.39 is 5.63 Å². The van der Waals surface area contributed by atoms with E-state index in [9.17, 15) is 4.79 Å². The molecule has 3 N–H and O–H groups in total. The highest BCUT2D eigenvalue weighted by Gasteiger charge is 2.22. The molecule has 0 radical (unpaired) electrons. The van der Waals surface area contributed by atoms with Gasteiger partial charge in [-0.1, -0.05) is 0 Å². The van der Waals surface area contributed by atoms with Crippen molar-refractivity contribution in [2.45, 2.75) is 6.17 Å². The molecule has 1 atom stereocenters. The zero-order valence-electron chi connectivity index (χ0n) is 10.0. The maximum Gasteiger partial charge on any atom is 0.336 e. The predicted octanol–water partition coefficient (Wildman–Crippen LogP) is 0.783. The molecule has 0 spiro atoms. The number of nitrogens with one attached hydrogen (secondary N) is 3. The van der Waals surface area contributed by atoms with E-state index in [1.807, 2.05) is 6.07 Å². The van der Waals surface area contributed by atoms with Crippen LogP contribution in [-0.2, 0) is 0 Å². The molecule has 1 saturated heterocycles. The van der Waals surface area contributed by atoms with Gasteiger partial charge in [-0.2, -0.15) is 0 Å². The lowest BCUT2D eigenvalue weighted by molar-refractivity contribution is 0.415. The Bertz CT molecular complexity index is 713. The summed E-state index contributed by atoms with van der Waals surface area (Å²) in [7, 11) is 1.59. The van der Waals surface area contributed by atoms with Crippen molar-refractivity contribution >= 4 is 28.3 Å². The van der Waals surface area contributed by atoms with Crippen molar-refractivity contribution in [1.82, 2.24) is 16.2 Å². The SMILES string of the molecule is COc1ccc2oc(=O)cc(C3NNC(=S)N3)c2c1. The summed E-state index contributed by atoms with van der Waals surface area (Å²) < 4.78 is 10.4. The average molecular weight is 277 g/mol. The van der Waals surface area contributed by atoms with Gasteiger partial charge in [0.15, 0.2) is 5.11 Å². The lowest BCUT2D eigenvalue weighted by atomic mass is 10.1. The Kier molecular flexibility index (Phi) is 2.84. The molecule has 7 heteroatoms. The summed E-state index contributed by atoms with van der Waals surface area (Å²) in [6.45, 7) is 0. The molecule has 0 saturated carbocycles. The van der Waals surface area contributed by atoms with Crippen LogP contribution in [-0.4, -0.2) is 12.2 Å². The van der Waals surface area contributed by atoms with Crippen molar-refractivity contribution < 1.29 is 9.15 Å². The second-order valence-electron chi connectivity index (χ2n) is 4.06. The molecule has 0 amide bonds. The van der Waals surface area contributed by atoms with Gasteiger partial charge in [-0.3, -0.25) is 5.43 Å². The van der Waals surface area contributed by atoms with E-state index in [2.05, 4.69) is 16.2 Å². The van der Waals surface area contributed by atoms with E-state index in [1.54, 1.807) is 19.2 Å². The highest BCUT2D eigenvalue weighted by Crippen LogP contribution is 2.26. The largest absolute Gasteiger partial charge is 0.497 e. The van der Waals surface area contributed by atoms with Crippen molar-refractivity contribution in [3.8, 4) is 5.75 Å². The zero-order chi connectivity index (χ0) is 13.4.